The summed E-state index contributed by atoms with van der Waals surface area (Å²) in [6, 6.07) is 0. The van der Waals surface area contributed by atoms with Crippen molar-refractivity contribution in [2.75, 3.05) is 26.7 Å². The van der Waals surface area contributed by atoms with Gasteiger partial charge in [0.25, 0.3) is 5.88 Å². The van der Waals surface area contributed by atoms with Crippen LogP contribution in [0.4, 0.5) is 48.3 Å². The first kappa shape index (κ1) is 20.2. The highest BCUT2D eigenvalue weighted by molar-refractivity contribution is 6.99. The first-order valence-corrected chi connectivity index (χ1v) is 8.37. The highest BCUT2D eigenvalue weighted by atomic mass is 32.1. The molecule has 0 saturated heterocycles. The van der Waals surface area contributed by atoms with Crippen molar-refractivity contribution in [2.45, 2.75) is 36.3 Å². The van der Waals surface area contributed by atoms with Crippen LogP contribution in [0, 0.1) is 0 Å². The van der Waals surface area contributed by atoms with Crippen molar-refractivity contribution in [3.05, 3.63) is 11.8 Å². The zero-order chi connectivity index (χ0) is 25.7. The maximum absolute atomic E-state index is 13.8. The molecular weight excluding hydrogens is 467 g/mol. The van der Waals surface area contributed by atoms with E-state index in [4.69, 9.17) is 4.11 Å². The minimum Gasteiger partial charge on any atom is -0.469 e. The molecule has 1 aromatic rings. The molecule has 0 bridgehead atoms. The van der Waals surface area contributed by atoms with Crippen LogP contribution in [0.3, 0.4) is 0 Å². The summed E-state index contributed by atoms with van der Waals surface area (Å²) in [5, 5.41) is 0. The van der Waals surface area contributed by atoms with Gasteiger partial charge in [0, 0.05) is 17.2 Å². The highest BCUT2D eigenvalue weighted by Crippen LogP contribution is 2.57. The third-order valence-corrected chi connectivity index (χ3v) is 4.42. The van der Waals surface area contributed by atoms with E-state index >= 15 is 0 Å². The number of halogens is 11. The maximum atomic E-state index is 13.8. The van der Waals surface area contributed by atoms with Crippen molar-refractivity contribution in [3.63, 3.8) is 0 Å². The Morgan fingerprint density at radius 2 is 1.63 bits per heavy atom. The fraction of sp³-hybridized carbons (Fsp3) is 0.714. The molecule has 0 radical (unpaired) electrons. The number of aromatic nitrogens is 2. The van der Waals surface area contributed by atoms with Crippen LogP contribution in [0.1, 0.15) is 16.2 Å². The normalized spacial score (nSPS) is 19.7. The van der Waals surface area contributed by atoms with Gasteiger partial charge in [0.15, 0.2) is 6.61 Å². The molecule has 0 unspecified atom stereocenters. The third-order valence-electron chi connectivity index (χ3n) is 3.91. The minimum absolute atomic E-state index is 0.0325. The van der Waals surface area contributed by atoms with Gasteiger partial charge in [0.1, 0.15) is 5.69 Å². The van der Waals surface area contributed by atoms with Gasteiger partial charge >= 0.3 is 29.9 Å². The minimum atomic E-state index is -7.54. The maximum Gasteiger partial charge on any atom is 0.460 e. The Hall–Kier alpha value is -1.71. The molecule has 30 heavy (non-hydrogen) atoms. The lowest BCUT2D eigenvalue weighted by Gasteiger charge is -2.36. The zero-order valence-corrected chi connectivity index (χ0v) is 15.0. The number of likely N-dealkylation sites (N-methyl/N-ethyl adjacent to an activating group) is 1. The molecule has 2 rings (SSSR count). The molecule has 16 heteroatoms. The lowest BCUT2D eigenvalue weighted by atomic mass is 9.98. The zero-order valence-electron chi connectivity index (χ0n) is 17.2. The molecule has 0 saturated carbocycles. The van der Waals surface area contributed by atoms with Gasteiger partial charge in [-0.3, -0.25) is 0 Å². The topological polar surface area (TPSA) is 38.2 Å². The van der Waals surface area contributed by atoms with E-state index in [1.165, 1.54) is 6.08 Å². The monoisotopic (exact) mass is 482 g/mol. The van der Waals surface area contributed by atoms with Crippen LogP contribution in [0.2, 0.25) is 0 Å². The quantitative estimate of drug-likeness (QED) is 0.527. The van der Waals surface area contributed by atoms with Crippen LogP contribution >= 0.6 is 11.7 Å². The van der Waals surface area contributed by atoms with E-state index in [0.717, 1.165) is 4.90 Å². The number of nitrogens with zero attached hydrogens (tertiary/aromatic N) is 3. The van der Waals surface area contributed by atoms with E-state index < -0.39 is 55.0 Å². The summed E-state index contributed by atoms with van der Waals surface area (Å²) >= 11 is 0.266. The molecule has 0 N–H and O–H groups in total. The first-order valence-electron chi connectivity index (χ1n) is 9.14. The van der Waals surface area contributed by atoms with E-state index in [0.29, 0.717) is 0 Å². The molecule has 2 heterocycles. The van der Waals surface area contributed by atoms with E-state index in [-0.39, 0.29) is 36.8 Å². The van der Waals surface area contributed by atoms with E-state index in [1.807, 2.05) is 0 Å². The van der Waals surface area contributed by atoms with E-state index in [9.17, 15) is 48.3 Å². The lowest BCUT2D eigenvalue weighted by molar-refractivity contribution is -0.423. The summed E-state index contributed by atoms with van der Waals surface area (Å²) in [6.45, 7) is -5.63. The van der Waals surface area contributed by atoms with Crippen LogP contribution < -0.4 is 4.74 Å². The Morgan fingerprint density at radius 1 is 1.00 bits per heavy atom. The number of hydrogen-bond donors (Lipinski definition) is 0. The highest BCUT2D eigenvalue weighted by Gasteiger charge is 2.87. The van der Waals surface area contributed by atoms with Crippen LogP contribution in [0.5, 0.6) is 5.88 Å². The summed E-state index contributed by atoms with van der Waals surface area (Å²) in [6.07, 6.45) is -5.75. The second-order valence-electron chi connectivity index (χ2n) is 6.07. The smallest absolute Gasteiger partial charge is 0.460 e. The molecule has 0 fully saturated rings. The second kappa shape index (κ2) is 7.76. The average molecular weight is 482 g/mol. The molecular formula is C14H12F11N3OS. The number of alkyl halides is 11. The molecule has 0 aromatic carbocycles. The average Bonchev–Trinajstić information content (AvgIpc) is 3.13. The van der Waals surface area contributed by atoms with Gasteiger partial charge in [-0.25, -0.2) is 0 Å². The molecule has 0 atom stereocenters. The molecule has 1 aromatic heterocycles. The largest absolute Gasteiger partial charge is 0.469 e. The summed E-state index contributed by atoms with van der Waals surface area (Å²) < 4.78 is 177. The van der Waals surface area contributed by atoms with Crippen LogP contribution in [-0.4, -0.2) is 70.2 Å². The Bertz CT molecular complexity index is 886. The molecule has 1 aliphatic heterocycles. The van der Waals surface area contributed by atoms with Gasteiger partial charge in [0.2, 0.25) is 0 Å². The molecule has 0 spiro atoms. The van der Waals surface area contributed by atoms with Crippen molar-refractivity contribution in [2.24, 2.45) is 0 Å². The van der Waals surface area contributed by atoms with Gasteiger partial charge in [-0.05, 0) is 19.0 Å². The number of ether oxygens (including phenoxy) is 1. The Morgan fingerprint density at radius 3 is 2.20 bits per heavy atom. The molecule has 1 aliphatic rings. The first-order chi connectivity index (χ1) is 14.7. The van der Waals surface area contributed by atoms with Crippen molar-refractivity contribution in [3.8, 4) is 5.88 Å². The van der Waals surface area contributed by atoms with Gasteiger partial charge in [-0.1, -0.05) is 6.08 Å². The lowest BCUT2D eigenvalue weighted by Crippen LogP contribution is -2.67. The van der Waals surface area contributed by atoms with Crippen molar-refractivity contribution in [1.82, 2.24) is 13.6 Å². The fourth-order valence-corrected chi connectivity index (χ4v) is 2.77. The van der Waals surface area contributed by atoms with Gasteiger partial charge in [-0.2, -0.15) is 52.7 Å². The predicted octanol–water partition coefficient (Wildman–Crippen LogP) is 4.74. The van der Waals surface area contributed by atoms with Crippen molar-refractivity contribution < 1.29 is 57.1 Å². The summed E-state index contributed by atoms with van der Waals surface area (Å²) in [4.78, 5) is 0.952. The Balaban J connectivity index is 2.25. The van der Waals surface area contributed by atoms with Gasteiger partial charge < -0.3 is 9.64 Å². The number of rotatable bonds is 7. The second-order valence-corrected chi connectivity index (χ2v) is 6.60. The summed E-state index contributed by atoms with van der Waals surface area (Å²) in [5.74, 6) is -29.4. The molecule has 172 valence electrons. The summed E-state index contributed by atoms with van der Waals surface area (Å²) in [7, 11) is 0. The van der Waals surface area contributed by atoms with Crippen LogP contribution in [0.25, 0.3) is 5.57 Å². The number of hydrogen-bond acceptors (Lipinski definition) is 5. The summed E-state index contributed by atoms with van der Waals surface area (Å²) in [5.41, 5.74) is -0.384. The van der Waals surface area contributed by atoms with Gasteiger partial charge in [0.05, 0.1) is 11.7 Å². The van der Waals surface area contributed by atoms with Crippen molar-refractivity contribution >= 4 is 17.3 Å². The van der Waals surface area contributed by atoms with Crippen LogP contribution in [0.15, 0.2) is 6.08 Å². The van der Waals surface area contributed by atoms with Gasteiger partial charge in [-0.15, -0.1) is 4.37 Å². The van der Waals surface area contributed by atoms with E-state index in [1.54, 1.807) is 0 Å². The van der Waals surface area contributed by atoms with Crippen molar-refractivity contribution in [1.29, 1.82) is 0 Å². The van der Waals surface area contributed by atoms with E-state index in [2.05, 4.69) is 13.5 Å². The molecule has 0 amide bonds. The predicted molar refractivity (Wildman–Crippen MR) is 81.3 cm³/mol. The molecule has 4 nitrogen and oxygen atoms in total. The Labute approximate surface area is 169 Å². The standard InChI is InChI=1S/C14H12F11N3OS/c1-28-4-2-3-7(5-28)8-9(27-30-26-8)29-6-10(15,16)11(17,18)12(19,20)13(21,22)14(23,24)25/h3H,2,4-6H2,1H3/i1D3. The van der Waals surface area contributed by atoms with Crippen LogP contribution in [-0.2, 0) is 0 Å². The SMILES string of the molecule is [2H]C([2H])([2H])N1CCC=C(c2nsnc2OCC(F)(F)C(F)(F)C(F)(F)C(F)(F)C(F)(F)F)C1. The fourth-order valence-electron chi connectivity index (χ4n) is 2.24. The third kappa shape index (κ3) is 4.07. The Kier molecular flexibility index (Phi) is 5.23. The molecule has 0 aliphatic carbocycles.